The molecular weight excluding hydrogens is 316 g/mol. The first-order chi connectivity index (χ1) is 12.2. The minimum Gasteiger partial charge on any atom is -0.354 e. The standard InChI is InChI=1S/C18H20N6O/c1-23-6-8-24(9-7-23)17-11-13(4-5-19-17)18(25)21-15-2-3-16-14(10-15)12-20-22-16/h2-5,10-12H,6-9H2,1H3,(H,20,22)(H,21,25). The summed E-state index contributed by atoms with van der Waals surface area (Å²) in [4.78, 5) is 21.5. The second kappa shape index (κ2) is 6.52. The number of anilines is 2. The Labute approximate surface area is 145 Å². The first-order valence-corrected chi connectivity index (χ1v) is 8.33. The average Bonchev–Trinajstić information content (AvgIpc) is 3.10. The highest BCUT2D eigenvalue weighted by Crippen LogP contribution is 2.19. The zero-order chi connectivity index (χ0) is 17.2. The molecule has 3 aromatic rings. The Balaban J connectivity index is 1.50. The van der Waals surface area contributed by atoms with E-state index in [1.807, 2.05) is 24.3 Å². The fourth-order valence-electron chi connectivity index (χ4n) is 2.99. The van der Waals surface area contributed by atoms with Gasteiger partial charge in [0.25, 0.3) is 5.91 Å². The molecule has 2 aromatic heterocycles. The van der Waals surface area contributed by atoms with Crippen LogP contribution in [0.1, 0.15) is 10.4 Å². The molecule has 1 aromatic carbocycles. The lowest BCUT2D eigenvalue weighted by Gasteiger charge is -2.33. The molecule has 0 bridgehead atoms. The lowest BCUT2D eigenvalue weighted by Crippen LogP contribution is -2.44. The van der Waals surface area contributed by atoms with Gasteiger partial charge in [0.2, 0.25) is 0 Å². The Morgan fingerprint density at radius 3 is 2.84 bits per heavy atom. The number of aromatic nitrogens is 3. The van der Waals surface area contributed by atoms with Gasteiger partial charge in [-0.2, -0.15) is 5.10 Å². The molecule has 0 radical (unpaired) electrons. The number of rotatable bonds is 3. The number of likely N-dealkylation sites (N-methyl/N-ethyl adjacent to an activating group) is 1. The van der Waals surface area contributed by atoms with Crippen LogP contribution in [-0.4, -0.2) is 59.2 Å². The molecule has 1 saturated heterocycles. The van der Waals surface area contributed by atoms with Crippen molar-refractivity contribution in [2.45, 2.75) is 0 Å². The topological polar surface area (TPSA) is 77.1 Å². The van der Waals surface area contributed by atoms with Crippen molar-refractivity contribution in [3.8, 4) is 0 Å². The average molecular weight is 336 g/mol. The van der Waals surface area contributed by atoms with E-state index >= 15 is 0 Å². The van der Waals surface area contributed by atoms with E-state index < -0.39 is 0 Å². The summed E-state index contributed by atoms with van der Waals surface area (Å²) in [6, 6.07) is 9.27. The third-order valence-corrected chi connectivity index (χ3v) is 4.53. The summed E-state index contributed by atoms with van der Waals surface area (Å²) in [6.45, 7) is 3.85. The molecule has 7 nitrogen and oxygen atoms in total. The number of nitrogens with one attached hydrogen (secondary N) is 2. The number of carbonyl (C=O) groups excluding carboxylic acids is 1. The van der Waals surface area contributed by atoms with Gasteiger partial charge in [0.05, 0.1) is 11.7 Å². The number of piperazine rings is 1. The number of hydrogen-bond acceptors (Lipinski definition) is 5. The number of pyridine rings is 1. The number of nitrogens with zero attached hydrogens (tertiary/aromatic N) is 4. The predicted molar refractivity (Wildman–Crippen MR) is 98.0 cm³/mol. The Morgan fingerprint density at radius 2 is 2.00 bits per heavy atom. The predicted octanol–water partition coefficient (Wildman–Crippen LogP) is 1.96. The molecule has 0 aliphatic carbocycles. The van der Waals surface area contributed by atoms with Crippen LogP contribution < -0.4 is 10.2 Å². The summed E-state index contributed by atoms with van der Waals surface area (Å²) < 4.78 is 0. The zero-order valence-corrected chi connectivity index (χ0v) is 14.1. The van der Waals surface area contributed by atoms with E-state index in [1.54, 1.807) is 18.5 Å². The lowest BCUT2D eigenvalue weighted by molar-refractivity contribution is 0.102. The van der Waals surface area contributed by atoms with E-state index in [2.05, 4.69) is 37.3 Å². The van der Waals surface area contributed by atoms with Crippen molar-refractivity contribution in [1.82, 2.24) is 20.1 Å². The van der Waals surface area contributed by atoms with E-state index in [9.17, 15) is 4.79 Å². The van der Waals surface area contributed by atoms with E-state index in [0.29, 0.717) is 5.56 Å². The fourth-order valence-corrected chi connectivity index (χ4v) is 2.99. The second-order valence-corrected chi connectivity index (χ2v) is 6.32. The van der Waals surface area contributed by atoms with Gasteiger partial charge in [-0.05, 0) is 37.4 Å². The van der Waals surface area contributed by atoms with Crippen LogP contribution in [0.15, 0.2) is 42.7 Å². The minimum absolute atomic E-state index is 0.138. The number of carbonyl (C=O) groups is 1. The molecule has 0 atom stereocenters. The van der Waals surface area contributed by atoms with Gasteiger partial charge in [-0.3, -0.25) is 9.89 Å². The molecule has 2 N–H and O–H groups in total. The van der Waals surface area contributed by atoms with E-state index in [0.717, 1.165) is 48.6 Å². The van der Waals surface area contributed by atoms with Crippen LogP contribution in [0.4, 0.5) is 11.5 Å². The molecule has 1 aliphatic heterocycles. The molecule has 25 heavy (non-hydrogen) atoms. The van der Waals surface area contributed by atoms with Gasteiger partial charge in [0.1, 0.15) is 5.82 Å². The van der Waals surface area contributed by atoms with Gasteiger partial charge in [0, 0.05) is 49.0 Å². The van der Waals surface area contributed by atoms with Gasteiger partial charge in [0.15, 0.2) is 0 Å². The summed E-state index contributed by atoms with van der Waals surface area (Å²) in [5.74, 6) is 0.714. The van der Waals surface area contributed by atoms with Crippen molar-refractivity contribution < 1.29 is 4.79 Å². The van der Waals surface area contributed by atoms with Crippen molar-refractivity contribution in [2.24, 2.45) is 0 Å². The van der Waals surface area contributed by atoms with E-state index in [1.165, 1.54) is 0 Å². The second-order valence-electron chi connectivity index (χ2n) is 6.32. The number of amides is 1. The lowest BCUT2D eigenvalue weighted by atomic mass is 10.2. The highest BCUT2D eigenvalue weighted by atomic mass is 16.1. The van der Waals surface area contributed by atoms with Crippen molar-refractivity contribution in [1.29, 1.82) is 0 Å². The molecule has 0 spiro atoms. The summed E-state index contributed by atoms with van der Waals surface area (Å²) >= 11 is 0. The monoisotopic (exact) mass is 336 g/mol. The molecule has 4 rings (SSSR count). The molecule has 3 heterocycles. The molecule has 1 fully saturated rings. The molecule has 1 amide bonds. The summed E-state index contributed by atoms with van der Waals surface area (Å²) in [5, 5.41) is 10.8. The van der Waals surface area contributed by atoms with Gasteiger partial charge < -0.3 is 15.1 Å². The van der Waals surface area contributed by atoms with Crippen molar-refractivity contribution in [3.63, 3.8) is 0 Å². The molecular formula is C18H20N6O. The number of hydrogen-bond donors (Lipinski definition) is 2. The number of fused-ring (bicyclic) bond motifs is 1. The molecule has 0 unspecified atom stereocenters. The SMILES string of the molecule is CN1CCN(c2cc(C(=O)Nc3ccc4[nH]ncc4c3)ccn2)CC1. The van der Waals surface area contributed by atoms with Gasteiger partial charge in [-0.1, -0.05) is 0 Å². The highest BCUT2D eigenvalue weighted by molar-refractivity contribution is 6.05. The van der Waals surface area contributed by atoms with Crippen LogP contribution in [0, 0.1) is 0 Å². The number of aromatic amines is 1. The Bertz CT molecular complexity index is 897. The summed E-state index contributed by atoms with van der Waals surface area (Å²) in [6.07, 6.45) is 3.44. The molecule has 128 valence electrons. The van der Waals surface area contributed by atoms with Crippen LogP contribution >= 0.6 is 0 Å². The maximum absolute atomic E-state index is 12.6. The number of benzene rings is 1. The maximum Gasteiger partial charge on any atom is 0.255 e. The zero-order valence-electron chi connectivity index (χ0n) is 14.1. The number of H-pyrrole nitrogens is 1. The first kappa shape index (κ1) is 15.6. The third kappa shape index (κ3) is 3.32. The van der Waals surface area contributed by atoms with Crippen LogP contribution in [-0.2, 0) is 0 Å². The van der Waals surface area contributed by atoms with Gasteiger partial charge in [-0.25, -0.2) is 4.98 Å². The largest absolute Gasteiger partial charge is 0.354 e. The highest BCUT2D eigenvalue weighted by Gasteiger charge is 2.16. The molecule has 1 aliphatic rings. The normalized spacial score (nSPS) is 15.5. The maximum atomic E-state index is 12.6. The van der Waals surface area contributed by atoms with Crippen LogP contribution in [0.3, 0.4) is 0 Å². The van der Waals surface area contributed by atoms with Gasteiger partial charge in [-0.15, -0.1) is 0 Å². The molecule has 7 heteroatoms. The van der Waals surface area contributed by atoms with E-state index in [4.69, 9.17) is 0 Å². The first-order valence-electron chi connectivity index (χ1n) is 8.33. The van der Waals surface area contributed by atoms with E-state index in [-0.39, 0.29) is 5.91 Å². The Morgan fingerprint density at radius 1 is 1.16 bits per heavy atom. The summed E-state index contributed by atoms with van der Waals surface area (Å²) in [5.41, 5.74) is 2.30. The van der Waals surface area contributed by atoms with Crippen LogP contribution in [0.2, 0.25) is 0 Å². The third-order valence-electron chi connectivity index (χ3n) is 4.53. The van der Waals surface area contributed by atoms with Crippen LogP contribution in [0.25, 0.3) is 10.9 Å². The summed E-state index contributed by atoms with van der Waals surface area (Å²) in [7, 11) is 2.12. The van der Waals surface area contributed by atoms with Gasteiger partial charge >= 0.3 is 0 Å². The van der Waals surface area contributed by atoms with Crippen LogP contribution in [0.5, 0.6) is 0 Å². The Kier molecular flexibility index (Phi) is 4.07. The van der Waals surface area contributed by atoms with Crippen molar-refractivity contribution >= 4 is 28.3 Å². The minimum atomic E-state index is -0.138. The smallest absolute Gasteiger partial charge is 0.255 e. The quantitative estimate of drug-likeness (QED) is 0.765. The van der Waals surface area contributed by atoms with Crippen molar-refractivity contribution in [3.05, 3.63) is 48.3 Å². The Hall–Kier alpha value is -2.93. The van der Waals surface area contributed by atoms with Crippen molar-refractivity contribution in [2.75, 3.05) is 43.4 Å². The fraction of sp³-hybridized carbons (Fsp3) is 0.278. The molecule has 0 saturated carbocycles.